The number of nitrogens with zero attached hydrogens (tertiary/aromatic N) is 1. The first-order valence-electron chi connectivity index (χ1n) is 10.0. The zero-order valence-electron chi connectivity index (χ0n) is 16.4. The van der Waals surface area contributed by atoms with Crippen LogP contribution in [0.1, 0.15) is 18.4 Å². The van der Waals surface area contributed by atoms with Crippen LogP contribution in [-0.4, -0.2) is 12.0 Å². The van der Waals surface area contributed by atoms with Crippen molar-refractivity contribution in [3.8, 4) is 0 Å². The number of para-hydroxylation sites is 1. The quantitative estimate of drug-likeness (QED) is 0.594. The van der Waals surface area contributed by atoms with Crippen LogP contribution in [0.15, 0.2) is 96.1 Å². The SMILES string of the molecule is C=CC1C=CC(CN(c2ccccc2C)C2NC(C3C=CC=CC3)=CS2)=CC1. The van der Waals surface area contributed by atoms with Crippen LogP contribution < -0.4 is 10.2 Å². The van der Waals surface area contributed by atoms with Gasteiger partial charge in [-0.05, 0) is 48.3 Å². The number of anilines is 1. The molecular weight excluding hydrogens is 360 g/mol. The predicted octanol–water partition coefficient (Wildman–Crippen LogP) is 6.08. The molecule has 0 amide bonds. The molecule has 0 spiro atoms. The molecule has 28 heavy (non-hydrogen) atoms. The number of allylic oxidation sites excluding steroid dienone is 7. The van der Waals surface area contributed by atoms with Crippen LogP contribution >= 0.6 is 11.8 Å². The minimum Gasteiger partial charge on any atom is -0.359 e. The number of hydrogen-bond acceptors (Lipinski definition) is 3. The van der Waals surface area contributed by atoms with Crippen LogP contribution in [0, 0.1) is 18.8 Å². The topological polar surface area (TPSA) is 15.3 Å². The van der Waals surface area contributed by atoms with Crippen LogP contribution in [0.3, 0.4) is 0 Å². The Hall–Kier alpha value is -2.39. The van der Waals surface area contributed by atoms with Gasteiger partial charge in [-0.15, -0.1) is 6.58 Å². The van der Waals surface area contributed by atoms with Crippen molar-refractivity contribution in [1.82, 2.24) is 5.32 Å². The summed E-state index contributed by atoms with van der Waals surface area (Å²) in [5.74, 6) is 0.928. The van der Waals surface area contributed by atoms with Crippen molar-refractivity contribution in [2.45, 2.75) is 25.3 Å². The fraction of sp³-hybridized carbons (Fsp3) is 0.280. The van der Waals surface area contributed by atoms with Crippen LogP contribution in [0.4, 0.5) is 5.69 Å². The van der Waals surface area contributed by atoms with E-state index in [1.807, 2.05) is 17.8 Å². The Bertz CT molecular complexity index is 874. The summed E-state index contributed by atoms with van der Waals surface area (Å²) in [4.78, 5) is 2.50. The second kappa shape index (κ2) is 8.74. The zero-order chi connectivity index (χ0) is 19.3. The van der Waals surface area contributed by atoms with Gasteiger partial charge in [0.05, 0.1) is 0 Å². The van der Waals surface area contributed by atoms with E-state index < -0.39 is 0 Å². The molecule has 3 unspecified atom stereocenters. The molecule has 1 N–H and O–H groups in total. The highest BCUT2D eigenvalue weighted by Crippen LogP contribution is 2.35. The van der Waals surface area contributed by atoms with Crippen molar-refractivity contribution >= 4 is 17.4 Å². The molecule has 3 atom stereocenters. The molecule has 0 aromatic heterocycles. The Balaban J connectivity index is 1.53. The minimum absolute atomic E-state index is 0.210. The fourth-order valence-electron chi connectivity index (χ4n) is 3.86. The van der Waals surface area contributed by atoms with Gasteiger partial charge in [0.15, 0.2) is 5.50 Å². The Morgan fingerprint density at radius 1 is 1.21 bits per heavy atom. The van der Waals surface area contributed by atoms with E-state index >= 15 is 0 Å². The molecule has 144 valence electrons. The highest BCUT2D eigenvalue weighted by Gasteiger charge is 2.28. The Morgan fingerprint density at radius 2 is 2.11 bits per heavy atom. The lowest BCUT2D eigenvalue weighted by atomic mass is 9.96. The summed E-state index contributed by atoms with van der Waals surface area (Å²) < 4.78 is 0. The molecule has 2 nitrogen and oxygen atoms in total. The largest absolute Gasteiger partial charge is 0.359 e. The standard InChI is InChI=1S/C25H28N2S/c1-3-20-13-15-21(16-14-20)17-27(24-12-8-7-9-19(24)2)25-26-23(18-28-25)22-10-5-4-6-11-22/h3-10,12-13,15-16,18,20,22,25-26H,1,11,14,17H2,2H3. The summed E-state index contributed by atoms with van der Waals surface area (Å²) in [5.41, 5.74) is 5.51. The molecule has 0 saturated carbocycles. The van der Waals surface area contributed by atoms with Gasteiger partial charge in [-0.25, -0.2) is 0 Å². The van der Waals surface area contributed by atoms with Crippen molar-refractivity contribution in [1.29, 1.82) is 0 Å². The van der Waals surface area contributed by atoms with E-state index in [1.165, 1.54) is 22.5 Å². The molecule has 3 heteroatoms. The average molecular weight is 389 g/mol. The molecule has 1 aliphatic heterocycles. The number of rotatable bonds is 6. The number of nitrogens with one attached hydrogen (secondary N) is 1. The second-order valence-corrected chi connectivity index (χ2v) is 8.50. The smallest absolute Gasteiger partial charge is 0.152 e. The van der Waals surface area contributed by atoms with Crippen LogP contribution in [0.2, 0.25) is 0 Å². The summed E-state index contributed by atoms with van der Waals surface area (Å²) in [6, 6.07) is 8.68. The third kappa shape index (κ3) is 4.20. The van der Waals surface area contributed by atoms with E-state index in [-0.39, 0.29) is 5.50 Å². The van der Waals surface area contributed by atoms with Crippen molar-refractivity contribution in [2.75, 3.05) is 11.4 Å². The molecule has 2 aliphatic carbocycles. The van der Waals surface area contributed by atoms with Crippen LogP contribution in [-0.2, 0) is 0 Å². The summed E-state index contributed by atoms with van der Waals surface area (Å²) in [5, 5.41) is 6.10. The van der Waals surface area contributed by atoms with Gasteiger partial charge in [0.2, 0.25) is 0 Å². The second-order valence-electron chi connectivity index (χ2n) is 7.55. The van der Waals surface area contributed by atoms with Crippen molar-refractivity contribution < 1.29 is 0 Å². The van der Waals surface area contributed by atoms with Crippen LogP contribution in [0.5, 0.6) is 0 Å². The van der Waals surface area contributed by atoms with E-state index in [2.05, 4.69) is 95.9 Å². The van der Waals surface area contributed by atoms with Gasteiger partial charge in [-0.1, -0.05) is 78.6 Å². The third-order valence-electron chi connectivity index (χ3n) is 5.57. The molecule has 0 saturated heterocycles. The minimum atomic E-state index is 0.210. The van der Waals surface area contributed by atoms with Gasteiger partial charge >= 0.3 is 0 Å². The molecule has 1 aromatic rings. The summed E-state index contributed by atoms with van der Waals surface area (Å²) in [7, 11) is 0. The normalized spacial score (nSPS) is 25.8. The van der Waals surface area contributed by atoms with E-state index in [9.17, 15) is 0 Å². The van der Waals surface area contributed by atoms with E-state index in [1.54, 1.807) is 0 Å². The van der Waals surface area contributed by atoms with E-state index in [0.29, 0.717) is 11.8 Å². The molecule has 4 rings (SSSR count). The van der Waals surface area contributed by atoms with Gasteiger partial charge in [-0.2, -0.15) is 0 Å². The van der Waals surface area contributed by atoms with Gasteiger partial charge in [0.1, 0.15) is 0 Å². The van der Waals surface area contributed by atoms with Crippen molar-refractivity contribution in [3.05, 3.63) is 102 Å². The Kier molecular flexibility index (Phi) is 5.92. The number of hydrogen-bond donors (Lipinski definition) is 1. The first-order chi connectivity index (χ1) is 13.7. The van der Waals surface area contributed by atoms with Gasteiger partial charge in [-0.3, -0.25) is 0 Å². The third-order valence-corrected chi connectivity index (χ3v) is 6.59. The first kappa shape index (κ1) is 18.9. The van der Waals surface area contributed by atoms with Gasteiger partial charge in [0.25, 0.3) is 0 Å². The lowest BCUT2D eigenvalue weighted by molar-refractivity contribution is 0.627. The van der Waals surface area contributed by atoms with Crippen molar-refractivity contribution in [2.24, 2.45) is 11.8 Å². The van der Waals surface area contributed by atoms with Gasteiger partial charge < -0.3 is 10.2 Å². The fourth-order valence-corrected chi connectivity index (χ4v) is 4.91. The number of aryl methyl sites for hydroxylation is 1. The lowest BCUT2D eigenvalue weighted by Crippen LogP contribution is -2.43. The molecule has 3 aliphatic rings. The maximum Gasteiger partial charge on any atom is 0.152 e. The molecule has 0 radical (unpaired) electrons. The maximum absolute atomic E-state index is 3.92. The Labute approximate surface area is 173 Å². The highest BCUT2D eigenvalue weighted by atomic mass is 32.2. The highest BCUT2D eigenvalue weighted by molar-refractivity contribution is 8.03. The van der Waals surface area contributed by atoms with Crippen LogP contribution in [0.25, 0.3) is 0 Å². The van der Waals surface area contributed by atoms with Gasteiger partial charge in [0, 0.05) is 23.8 Å². The van der Waals surface area contributed by atoms with E-state index in [4.69, 9.17) is 0 Å². The molecule has 0 fully saturated rings. The Morgan fingerprint density at radius 3 is 2.82 bits per heavy atom. The van der Waals surface area contributed by atoms with E-state index in [0.717, 1.165) is 19.4 Å². The molecule has 1 aromatic carbocycles. The summed E-state index contributed by atoms with van der Waals surface area (Å²) in [6.45, 7) is 7.02. The summed E-state index contributed by atoms with van der Waals surface area (Å²) in [6.07, 6.45) is 19.9. The summed E-state index contributed by atoms with van der Waals surface area (Å²) >= 11 is 1.88. The average Bonchev–Trinajstić information content (AvgIpc) is 3.24. The monoisotopic (exact) mass is 388 g/mol. The maximum atomic E-state index is 3.92. The van der Waals surface area contributed by atoms with Crippen molar-refractivity contribution in [3.63, 3.8) is 0 Å². The first-order valence-corrected chi connectivity index (χ1v) is 11.0. The number of thioether (sulfide) groups is 1. The number of benzene rings is 1. The molecule has 0 bridgehead atoms. The zero-order valence-corrected chi connectivity index (χ0v) is 17.2. The lowest BCUT2D eigenvalue weighted by Gasteiger charge is -2.34. The predicted molar refractivity (Wildman–Crippen MR) is 123 cm³/mol. The molecular formula is C25H28N2S. The molecule has 1 heterocycles.